The van der Waals surface area contributed by atoms with Gasteiger partial charge >= 0.3 is 5.76 Å². The van der Waals surface area contributed by atoms with E-state index in [9.17, 15) is 19.5 Å². The number of carbonyl (C=O) groups is 2. The lowest BCUT2D eigenvalue weighted by molar-refractivity contribution is -0.150. The van der Waals surface area contributed by atoms with Gasteiger partial charge in [-0.05, 0) is 42.5 Å². The third-order valence-electron chi connectivity index (χ3n) is 4.85. The minimum absolute atomic E-state index is 0.105. The highest BCUT2D eigenvalue weighted by molar-refractivity contribution is 6.04. The van der Waals surface area contributed by atoms with Crippen molar-refractivity contribution in [1.82, 2.24) is 4.98 Å². The first-order valence-electron chi connectivity index (χ1n) is 9.33. The Morgan fingerprint density at radius 1 is 1.26 bits per heavy atom. The van der Waals surface area contributed by atoms with Crippen LogP contribution in [-0.4, -0.2) is 53.1 Å². The molecule has 1 saturated heterocycles. The van der Waals surface area contributed by atoms with Gasteiger partial charge in [-0.2, -0.15) is 0 Å². The van der Waals surface area contributed by atoms with Crippen LogP contribution in [0, 0.1) is 5.41 Å². The van der Waals surface area contributed by atoms with E-state index in [2.05, 4.69) is 10.3 Å². The summed E-state index contributed by atoms with van der Waals surface area (Å²) in [5, 5.41) is 20.3. The van der Waals surface area contributed by atoms with Gasteiger partial charge in [-0.1, -0.05) is 0 Å². The van der Waals surface area contributed by atoms with E-state index in [1.165, 1.54) is 17.0 Å². The second-order valence-electron chi connectivity index (χ2n) is 6.90. The van der Waals surface area contributed by atoms with Gasteiger partial charge in [-0.25, -0.2) is 4.79 Å². The fourth-order valence-corrected chi connectivity index (χ4v) is 3.28. The number of nitrogen functional groups attached to an aromatic ring is 1. The predicted octanol–water partition coefficient (Wildman–Crippen LogP) is 0.137. The van der Waals surface area contributed by atoms with Crippen LogP contribution >= 0.6 is 0 Å². The van der Waals surface area contributed by atoms with Crippen LogP contribution in [0.5, 0.6) is 0 Å². The molecular weight excluding hydrogens is 406 g/mol. The first-order valence-corrected chi connectivity index (χ1v) is 9.33. The van der Waals surface area contributed by atoms with Gasteiger partial charge in [-0.3, -0.25) is 20.0 Å². The number of nitrogens with one attached hydrogen (secondary N) is 3. The van der Waals surface area contributed by atoms with Crippen molar-refractivity contribution in [3.8, 4) is 0 Å². The Bertz CT molecular complexity index is 1210. The lowest BCUT2D eigenvalue weighted by atomic mass is 10.1. The van der Waals surface area contributed by atoms with Crippen molar-refractivity contribution in [2.75, 3.05) is 23.4 Å². The van der Waals surface area contributed by atoms with Gasteiger partial charge in [0, 0.05) is 23.5 Å². The van der Waals surface area contributed by atoms with E-state index in [-0.39, 0.29) is 19.0 Å². The number of oxazole rings is 1. The fourth-order valence-electron chi connectivity index (χ4n) is 3.28. The number of amidine groups is 1. The van der Waals surface area contributed by atoms with E-state index in [1.807, 2.05) is 0 Å². The molecule has 11 heteroatoms. The smallest absolute Gasteiger partial charge is 0.408 e. The fraction of sp³-hybridized carbons (Fsp3) is 0.200. The second-order valence-corrected chi connectivity index (χ2v) is 6.90. The molecule has 2 amide bonds. The summed E-state index contributed by atoms with van der Waals surface area (Å²) in [6, 6.07) is 10.9. The topological polar surface area (TPSA) is 175 Å². The number of rotatable bonds is 5. The first-order chi connectivity index (χ1) is 14.8. The molecule has 11 nitrogen and oxygen atoms in total. The van der Waals surface area contributed by atoms with Crippen LogP contribution in [-0.2, 0) is 14.3 Å². The van der Waals surface area contributed by atoms with Crippen molar-refractivity contribution in [1.29, 1.82) is 5.41 Å². The molecule has 3 aromatic rings. The minimum atomic E-state index is -1.75. The van der Waals surface area contributed by atoms with Crippen molar-refractivity contribution in [2.45, 2.75) is 12.2 Å². The van der Waals surface area contributed by atoms with Crippen molar-refractivity contribution in [3.05, 3.63) is 58.6 Å². The van der Waals surface area contributed by atoms with E-state index >= 15 is 0 Å². The van der Waals surface area contributed by atoms with Crippen molar-refractivity contribution in [2.24, 2.45) is 5.73 Å². The highest BCUT2D eigenvalue weighted by Crippen LogP contribution is 2.24. The quantitative estimate of drug-likeness (QED) is 0.285. The Labute approximate surface area is 174 Å². The molecule has 0 saturated carbocycles. The third kappa shape index (κ3) is 4.04. The summed E-state index contributed by atoms with van der Waals surface area (Å²) >= 11 is 0. The van der Waals surface area contributed by atoms with E-state index in [1.54, 1.807) is 30.3 Å². The van der Waals surface area contributed by atoms with Gasteiger partial charge in [0.1, 0.15) is 5.84 Å². The molecule has 1 aromatic heterocycles. The molecule has 0 spiro atoms. The van der Waals surface area contributed by atoms with Gasteiger partial charge in [0.25, 0.3) is 11.8 Å². The van der Waals surface area contributed by atoms with Crippen molar-refractivity contribution in [3.63, 3.8) is 0 Å². The number of H-pyrrole nitrogens is 1. The highest BCUT2D eigenvalue weighted by Gasteiger charge is 2.39. The number of anilines is 2. The number of aromatic amines is 1. The Balaban J connectivity index is 1.48. The second kappa shape index (κ2) is 8.05. The summed E-state index contributed by atoms with van der Waals surface area (Å²) in [7, 11) is 0. The molecule has 1 fully saturated rings. The summed E-state index contributed by atoms with van der Waals surface area (Å²) < 4.78 is 10.3. The number of aliphatic hydroxyl groups is 1. The summed E-state index contributed by atoms with van der Waals surface area (Å²) in [5.74, 6) is -2.13. The predicted molar refractivity (Wildman–Crippen MR) is 111 cm³/mol. The van der Waals surface area contributed by atoms with Crippen LogP contribution in [0.2, 0.25) is 0 Å². The Hall–Kier alpha value is -3.96. The van der Waals surface area contributed by atoms with Crippen molar-refractivity contribution >= 4 is 40.1 Å². The zero-order valence-electron chi connectivity index (χ0n) is 16.1. The average Bonchev–Trinajstić information content (AvgIpc) is 3.13. The molecule has 31 heavy (non-hydrogen) atoms. The zero-order valence-corrected chi connectivity index (χ0v) is 16.1. The molecular formula is C20H19N5O6. The molecule has 0 radical (unpaired) electrons. The summed E-state index contributed by atoms with van der Waals surface area (Å²) in [5.41, 5.74) is 7.48. The normalized spacial score (nSPS) is 17.5. The number of hydrogen-bond donors (Lipinski definition) is 5. The number of benzene rings is 2. The zero-order chi connectivity index (χ0) is 22.1. The number of ether oxygens (including phenoxy) is 1. The number of nitrogens with zero attached hydrogens (tertiary/aromatic N) is 1. The lowest BCUT2D eigenvalue weighted by Crippen LogP contribution is -2.55. The molecule has 2 aromatic carbocycles. The summed E-state index contributed by atoms with van der Waals surface area (Å²) in [6.45, 7) is 0.317. The third-order valence-corrected chi connectivity index (χ3v) is 4.85. The van der Waals surface area contributed by atoms with Crippen LogP contribution in [0.25, 0.3) is 11.1 Å². The Kier molecular flexibility index (Phi) is 5.28. The van der Waals surface area contributed by atoms with Crippen LogP contribution < -0.4 is 21.7 Å². The summed E-state index contributed by atoms with van der Waals surface area (Å²) in [4.78, 5) is 40.6. The standard InChI is InChI=1S/C20H19N5O6/c21-17(22)10-1-3-11(4-2-10)23-18(27)15(26)16-19(28)25(7-8-30-16)12-5-6-14-13(9-12)24-20(29)31-14/h1-6,9,15-16,26H,7-8H2,(H3,21,22)(H,23,27)(H,24,29)/t15-,16?/m1/s1. The van der Waals surface area contributed by atoms with Gasteiger partial charge in [0.15, 0.2) is 17.8 Å². The average molecular weight is 425 g/mol. The Morgan fingerprint density at radius 3 is 2.71 bits per heavy atom. The first kappa shape index (κ1) is 20.3. The SMILES string of the molecule is N=C(N)c1ccc(NC(=O)[C@H](O)C2OCCN(c3ccc4oc(=O)[nH]c4c3)C2=O)cc1. The number of morpholine rings is 1. The van der Waals surface area contributed by atoms with Crippen LogP contribution in [0.4, 0.5) is 11.4 Å². The van der Waals surface area contributed by atoms with E-state index < -0.39 is 29.8 Å². The molecule has 1 aliphatic rings. The number of aromatic nitrogens is 1. The number of hydrogen-bond acceptors (Lipinski definition) is 7. The van der Waals surface area contributed by atoms with Crippen LogP contribution in [0.3, 0.4) is 0 Å². The van der Waals surface area contributed by atoms with Crippen molar-refractivity contribution < 1.29 is 23.8 Å². The molecule has 4 rings (SSSR count). The van der Waals surface area contributed by atoms with E-state index in [4.69, 9.17) is 20.3 Å². The minimum Gasteiger partial charge on any atom is -0.408 e. The molecule has 1 unspecified atom stereocenters. The number of amides is 2. The molecule has 0 bridgehead atoms. The molecule has 1 aliphatic heterocycles. The number of aliphatic hydroxyl groups excluding tert-OH is 1. The Morgan fingerprint density at radius 2 is 2.00 bits per heavy atom. The number of fused-ring (bicyclic) bond motifs is 1. The monoisotopic (exact) mass is 425 g/mol. The highest BCUT2D eigenvalue weighted by atomic mass is 16.5. The maximum Gasteiger partial charge on any atom is 0.417 e. The maximum atomic E-state index is 12.9. The molecule has 0 aliphatic carbocycles. The van der Waals surface area contributed by atoms with Gasteiger partial charge in [0.05, 0.1) is 12.1 Å². The van der Waals surface area contributed by atoms with Gasteiger partial charge in [-0.15, -0.1) is 0 Å². The maximum absolute atomic E-state index is 12.9. The number of carbonyl (C=O) groups excluding carboxylic acids is 2. The molecule has 2 heterocycles. The van der Waals surface area contributed by atoms with Crippen LogP contribution in [0.1, 0.15) is 5.56 Å². The number of nitrogens with two attached hydrogens (primary N) is 1. The molecule has 160 valence electrons. The van der Waals surface area contributed by atoms with Gasteiger partial charge < -0.3 is 30.2 Å². The van der Waals surface area contributed by atoms with E-state index in [0.717, 1.165) is 0 Å². The molecule has 6 N–H and O–H groups in total. The summed E-state index contributed by atoms with van der Waals surface area (Å²) in [6.07, 6.45) is -3.15. The lowest BCUT2D eigenvalue weighted by Gasteiger charge is -2.34. The van der Waals surface area contributed by atoms with Gasteiger partial charge in [0.2, 0.25) is 0 Å². The molecule has 2 atom stereocenters. The van der Waals surface area contributed by atoms with E-state index in [0.29, 0.717) is 28.0 Å². The largest absolute Gasteiger partial charge is 0.417 e. The van der Waals surface area contributed by atoms with Crippen LogP contribution in [0.15, 0.2) is 51.7 Å².